The maximum Gasteiger partial charge on any atom is 0.321 e. The van der Waals surface area contributed by atoms with Crippen LogP contribution in [-0.4, -0.2) is 36.0 Å². The lowest BCUT2D eigenvalue weighted by Gasteiger charge is -2.12. The zero-order chi connectivity index (χ0) is 16.8. The van der Waals surface area contributed by atoms with Crippen LogP contribution in [0.25, 0.3) is 10.9 Å². The Kier molecular flexibility index (Phi) is 5.35. The van der Waals surface area contributed by atoms with Gasteiger partial charge in [-0.25, -0.2) is 4.79 Å². The van der Waals surface area contributed by atoms with Crippen molar-refractivity contribution in [3.05, 3.63) is 36.0 Å². The minimum absolute atomic E-state index is 0.152. The van der Waals surface area contributed by atoms with Crippen LogP contribution >= 0.6 is 0 Å². The molecule has 0 saturated heterocycles. The van der Waals surface area contributed by atoms with E-state index in [0.29, 0.717) is 6.42 Å². The molecule has 0 radical (unpaired) electrons. The van der Waals surface area contributed by atoms with Gasteiger partial charge in [-0.05, 0) is 25.0 Å². The first kappa shape index (κ1) is 16.5. The highest BCUT2D eigenvalue weighted by Gasteiger charge is 2.19. The molecule has 1 heterocycles. The number of carbonyl (C=O) groups excluding carboxylic acids is 3. The molecule has 0 aliphatic heterocycles. The second-order valence-corrected chi connectivity index (χ2v) is 5.06. The van der Waals surface area contributed by atoms with E-state index in [-0.39, 0.29) is 6.42 Å². The summed E-state index contributed by atoms with van der Waals surface area (Å²) in [6.07, 6.45) is 1.49. The van der Waals surface area contributed by atoms with Gasteiger partial charge in [0, 0.05) is 30.6 Å². The number of amides is 3. The number of fused-ring (bicyclic) bond motifs is 1. The highest BCUT2D eigenvalue weighted by Crippen LogP contribution is 2.19. The van der Waals surface area contributed by atoms with Crippen LogP contribution in [0, 0.1) is 0 Å². The summed E-state index contributed by atoms with van der Waals surface area (Å²) in [5.41, 5.74) is 2.02. The number of esters is 1. The summed E-state index contributed by atoms with van der Waals surface area (Å²) in [6.45, 7) is 1.42. The van der Waals surface area contributed by atoms with Gasteiger partial charge in [-0.15, -0.1) is 0 Å². The maximum atomic E-state index is 11.8. The molecule has 7 nitrogen and oxygen atoms in total. The minimum atomic E-state index is -1.03. The van der Waals surface area contributed by atoms with Gasteiger partial charge in [-0.2, -0.15) is 0 Å². The Morgan fingerprint density at radius 3 is 2.74 bits per heavy atom. The van der Waals surface area contributed by atoms with E-state index in [9.17, 15) is 14.4 Å². The number of hydrogen-bond donors (Lipinski definition) is 3. The number of ether oxygens (including phenoxy) is 1. The third-order valence-corrected chi connectivity index (χ3v) is 3.41. The van der Waals surface area contributed by atoms with Crippen molar-refractivity contribution in [2.24, 2.45) is 0 Å². The van der Waals surface area contributed by atoms with Crippen LogP contribution in [0.1, 0.15) is 18.9 Å². The summed E-state index contributed by atoms with van der Waals surface area (Å²) in [6, 6.07) is 7.16. The normalized spacial score (nSPS) is 11.7. The van der Waals surface area contributed by atoms with Crippen molar-refractivity contribution in [2.45, 2.75) is 25.9 Å². The van der Waals surface area contributed by atoms with Gasteiger partial charge in [0.25, 0.3) is 5.91 Å². The van der Waals surface area contributed by atoms with Gasteiger partial charge < -0.3 is 15.0 Å². The fourth-order valence-electron chi connectivity index (χ4n) is 2.16. The van der Waals surface area contributed by atoms with Crippen LogP contribution in [0.5, 0.6) is 0 Å². The summed E-state index contributed by atoms with van der Waals surface area (Å²) in [4.78, 5) is 37.6. The first-order chi connectivity index (χ1) is 11.0. The molecular formula is C16H19N3O4. The second kappa shape index (κ2) is 7.44. The van der Waals surface area contributed by atoms with Gasteiger partial charge in [0.2, 0.25) is 0 Å². The Morgan fingerprint density at radius 2 is 2.00 bits per heavy atom. The fraction of sp³-hybridized carbons (Fsp3) is 0.312. The van der Waals surface area contributed by atoms with Crippen LogP contribution in [0.4, 0.5) is 4.79 Å². The highest BCUT2D eigenvalue weighted by atomic mass is 16.5. The number of nitrogens with one attached hydrogen (secondary N) is 3. The van der Waals surface area contributed by atoms with E-state index in [1.807, 2.05) is 30.5 Å². The van der Waals surface area contributed by atoms with Gasteiger partial charge in [-0.3, -0.25) is 14.9 Å². The summed E-state index contributed by atoms with van der Waals surface area (Å²) >= 11 is 0. The van der Waals surface area contributed by atoms with Crippen LogP contribution in [-0.2, 0) is 20.7 Å². The Bertz CT molecular complexity index is 723. The number of para-hydroxylation sites is 1. The molecule has 0 unspecified atom stereocenters. The Morgan fingerprint density at radius 1 is 1.26 bits per heavy atom. The summed E-state index contributed by atoms with van der Waals surface area (Å²) in [7, 11) is 1.39. The third kappa shape index (κ3) is 4.32. The third-order valence-electron chi connectivity index (χ3n) is 3.41. The first-order valence-corrected chi connectivity index (χ1v) is 7.28. The molecule has 0 aliphatic rings. The van der Waals surface area contributed by atoms with Crippen molar-refractivity contribution in [1.82, 2.24) is 15.6 Å². The van der Waals surface area contributed by atoms with E-state index in [4.69, 9.17) is 4.74 Å². The molecule has 2 rings (SSSR count). The smallest absolute Gasteiger partial charge is 0.321 e. The van der Waals surface area contributed by atoms with E-state index < -0.39 is 24.0 Å². The standard InChI is InChI=1S/C16H19N3O4/c1-10(15(21)19-16(22)17-2)23-14(20)8-7-11-9-18-13-6-4-3-5-12(11)13/h3-6,9-10,18H,7-8H2,1-2H3,(H2,17,19,21,22)/t10-/m0/s1. The van der Waals surface area contributed by atoms with Gasteiger partial charge in [-0.1, -0.05) is 18.2 Å². The molecule has 0 saturated carbocycles. The number of aryl methyl sites for hydroxylation is 1. The van der Waals surface area contributed by atoms with E-state index in [1.165, 1.54) is 14.0 Å². The van der Waals surface area contributed by atoms with Crippen molar-refractivity contribution in [1.29, 1.82) is 0 Å². The zero-order valence-electron chi connectivity index (χ0n) is 13.0. The van der Waals surface area contributed by atoms with E-state index in [0.717, 1.165) is 16.5 Å². The second-order valence-electron chi connectivity index (χ2n) is 5.06. The predicted molar refractivity (Wildman–Crippen MR) is 84.8 cm³/mol. The van der Waals surface area contributed by atoms with Crippen molar-refractivity contribution < 1.29 is 19.1 Å². The van der Waals surface area contributed by atoms with E-state index in [1.54, 1.807) is 0 Å². The van der Waals surface area contributed by atoms with Crippen molar-refractivity contribution >= 4 is 28.8 Å². The topological polar surface area (TPSA) is 100 Å². The molecule has 0 aliphatic carbocycles. The van der Waals surface area contributed by atoms with Crippen LogP contribution in [0.2, 0.25) is 0 Å². The molecule has 0 fully saturated rings. The summed E-state index contributed by atoms with van der Waals surface area (Å²) in [5, 5.41) is 5.37. The molecule has 0 bridgehead atoms. The first-order valence-electron chi connectivity index (χ1n) is 7.28. The number of benzene rings is 1. The number of H-pyrrole nitrogens is 1. The lowest BCUT2D eigenvalue weighted by Crippen LogP contribution is -2.43. The molecule has 1 aromatic carbocycles. The van der Waals surface area contributed by atoms with Crippen molar-refractivity contribution in [3.63, 3.8) is 0 Å². The van der Waals surface area contributed by atoms with Gasteiger partial charge >= 0.3 is 12.0 Å². The minimum Gasteiger partial charge on any atom is -0.453 e. The quantitative estimate of drug-likeness (QED) is 0.727. The van der Waals surface area contributed by atoms with Crippen LogP contribution in [0.3, 0.4) is 0 Å². The highest BCUT2D eigenvalue weighted by molar-refractivity contribution is 5.97. The number of rotatable bonds is 5. The predicted octanol–water partition coefficient (Wildman–Crippen LogP) is 1.49. The Labute approximate surface area is 133 Å². The molecule has 3 amide bonds. The molecule has 1 aromatic heterocycles. The molecule has 0 spiro atoms. The lowest BCUT2D eigenvalue weighted by molar-refractivity contribution is -0.154. The SMILES string of the molecule is CNC(=O)NC(=O)[C@H](C)OC(=O)CCc1c[nH]c2ccccc12. The van der Waals surface area contributed by atoms with Crippen molar-refractivity contribution in [2.75, 3.05) is 7.05 Å². The average molecular weight is 317 g/mol. The maximum absolute atomic E-state index is 11.8. The summed E-state index contributed by atoms with van der Waals surface area (Å²) < 4.78 is 5.03. The number of aromatic amines is 1. The van der Waals surface area contributed by atoms with E-state index >= 15 is 0 Å². The zero-order valence-corrected chi connectivity index (χ0v) is 13.0. The van der Waals surface area contributed by atoms with Gasteiger partial charge in [0.05, 0.1) is 0 Å². The largest absolute Gasteiger partial charge is 0.453 e. The molecule has 122 valence electrons. The molecule has 3 N–H and O–H groups in total. The molecule has 2 aromatic rings. The number of carbonyl (C=O) groups is 3. The van der Waals surface area contributed by atoms with Crippen LogP contribution < -0.4 is 10.6 Å². The Hall–Kier alpha value is -2.83. The van der Waals surface area contributed by atoms with Gasteiger partial charge in [0.1, 0.15) is 0 Å². The average Bonchev–Trinajstić information content (AvgIpc) is 2.95. The molecular weight excluding hydrogens is 298 g/mol. The number of hydrogen-bond acceptors (Lipinski definition) is 4. The number of aromatic nitrogens is 1. The van der Waals surface area contributed by atoms with Crippen molar-refractivity contribution in [3.8, 4) is 0 Å². The van der Waals surface area contributed by atoms with Gasteiger partial charge in [0.15, 0.2) is 6.10 Å². The Balaban J connectivity index is 1.85. The van der Waals surface area contributed by atoms with E-state index in [2.05, 4.69) is 15.6 Å². The monoisotopic (exact) mass is 317 g/mol. The number of imide groups is 1. The molecule has 23 heavy (non-hydrogen) atoms. The summed E-state index contributed by atoms with van der Waals surface area (Å²) in [5.74, 6) is -1.15. The van der Waals surface area contributed by atoms with Crippen LogP contribution in [0.15, 0.2) is 30.5 Å². The number of urea groups is 1. The molecule has 7 heteroatoms. The molecule has 1 atom stereocenters. The lowest BCUT2D eigenvalue weighted by atomic mass is 10.1. The fourth-order valence-corrected chi connectivity index (χ4v) is 2.16.